The van der Waals surface area contributed by atoms with Crippen molar-refractivity contribution in [2.24, 2.45) is 17.8 Å². The van der Waals surface area contributed by atoms with Gasteiger partial charge in [0.25, 0.3) is 0 Å². The van der Waals surface area contributed by atoms with Gasteiger partial charge in [-0.05, 0) is 30.8 Å². The third kappa shape index (κ3) is 4.25. The van der Waals surface area contributed by atoms with Crippen molar-refractivity contribution in [3.63, 3.8) is 0 Å². The second kappa shape index (κ2) is 5.95. The Morgan fingerprint density at radius 2 is 1.92 bits per heavy atom. The van der Waals surface area contributed by atoms with Crippen LogP contribution >= 0.6 is 0 Å². The standard InChI is InChI=1S/C12H22O/c1-6-11(12(13)7-2)10(5)8-9(3)4/h7,9-11H,2,6,8H2,1,3-5H3. The fourth-order valence-electron chi connectivity index (χ4n) is 1.94. The van der Waals surface area contributed by atoms with E-state index in [2.05, 4.69) is 34.3 Å². The largest absolute Gasteiger partial charge is 0.295 e. The summed E-state index contributed by atoms with van der Waals surface area (Å²) in [6.07, 6.45) is 3.52. The van der Waals surface area contributed by atoms with Gasteiger partial charge in [-0.3, -0.25) is 4.79 Å². The summed E-state index contributed by atoms with van der Waals surface area (Å²) in [5.41, 5.74) is 0. The number of rotatable bonds is 6. The van der Waals surface area contributed by atoms with Gasteiger partial charge in [0, 0.05) is 5.92 Å². The number of carbonyl (C=O) groups excluding carboxylic acids is 1. The normalized spacial score (nSPS) is 15.5. The van der Waals surface area contributed by atoms with Gasteiger partial charge in [-0.2, -0.15) is 0 Å². The van der Waals surface area contributed by atoms with Crippen molar-refractivity contribution in [1.29, 1.82) is 0 Å². The van der Waals surface area contributed by atoms with Crippen molar-refractivity contribution < 1.29 is 4.79 Å². The first kappa shape index (κ1) is 12.4. The van der Waals surface area contributed by atoms with Crippen molar-refractivity contribution in [3.8, 4) is 0 Å². The van der Waals surface area contributed by atoms with E-state index in [-0.39, 0.29) is 11.7 Å². The van der Waals surface area contributed by atoms with Crippen LogP contribution < -0.4 is 0 Å². The highest BCUT2D eigenvalue weighted by Gasteiger charge is 2.21. The third-order valence-corrected chi connectivity index (χ3v) is 2.54. The number of hydrogen-bond donors (Lipinski definition) is 0. The van der Waals surface area contributed by atoms with E-state index >= 15 is 0 Å². The Morgan fingerprint density at radius 3 is 2.23 bits per heavy atom. The molecule has 2 atom stereocenters. The van der Waals surface area contributed by atoms with Crippen LogP contribution in [0, 0.1) is 17.8 Å². The monoisotopic (exact) mass is 182 g/mol. The topological polar surface area (TPSA) is 17.1 Å². The Kier molecular flexibility index (Phi) is 5.68. The van der Waals surface area contributed by atoms with Crippen LogP contribution in [0.4, 0.5) is 0 Å². The van der Waals surface area contributed by atoms with E-state index in [9.17, 15) is 4.79 Å². The predicted molar refractivity (Wildman–Crippen MR) is 57.6 cm³/mol. The molecule has 0 aliphatic heterocycles. The molecule has 0 amide bonds. The first-order valence-corrected chi connectivity index (χ1v) is 5.19. The zero-order valence-corrected chi connectivity index (χ0v) is 9.34. The molecule has 1 nitrogen and oxygen atoms in total. The minimum atomic E-state index is 0.180. The third-order valence-electron chi connectivity index (χ3n) is 2.54. The lowest BCUT2D eigenvalue weighted by Crippen LogP contribution is -2.20. The fourth-order valence-corrected chi connectivity index (χ4v) is 1.94. The molecular weight excluding hydrogens is 160 g/mol. The summed E-state index contributed by atoms with van der Waals surface area (Å²) in [4.78, 5) is 11.4. The van der Waals surface area contributed by atoms with Crippen LogP contribution in [0.25, 0.3) is 0 Å². The van der Waals surface area contributed by atoms with Gasteiger partial charge in [0.05, 0.1) is 0 Å². The molecule has 0 heterocycles. The summed E-state index contributed by atoms with van der Waals surface area (Å²) in [5.74, 6) is 1.53. The van der Waals surface area contributed by atoms with Gasteiger partial charge >= 0.3 is 0 Å². The van der Waals surface area contributed by atoms with Crippen LogP contribution in [0.15, 0.2) is 12.7 Å². The zero-order valence-electron chi connectivity index (χ0n) is 9.34. The average Bonchev–Trinajstić information content (AvgIpc) is 2.03. The van der Waals surface area contributed by atoms with Crippen molar-refractivity contribution in [1.82, 2.24) is 0 Å². The molecule has 0 spiro atoms. The lowest BCUT2D eigenvalue weighted by atomic mass is 9.82. The van der Waals surface area contributed by atoms with E-state index in [1.807, 2.05) is 0 Å². The van der Waals surface area contributed by atoms with Crippen molar-refractivity contribution in [2.75, 3.05) is 0 Å². The van der Waals surface area contributed by atoms with Crippen molar-refractivity contribution >= 4 is 5.78 Å². The molecule has 0 fully saturated rings. The van der Waals surface area contributed by atoms with E-state index in [0.717, 1.165) is 12.8 Å². The van der Waals surface area contributed by atoms with Crippen LogP contribution in [-0.2, 0) is 4.79 Å². The molecule has 13 heavy (non-hydrogen) atoms. The van der Waals surface area contributed by atoms with Gasteiger partial charge in [0.15, 0.2) is 5.78 Å². The highest BCUT2D eigenvalue weighted by Crippen LogP contribution is 2.23. The smallest absolute Gasteiger partial charge is 0.158 e. The highest BCUT2D eigenvalue weighted by atomic mass is 16.1. The molecule has 0 radical (unpaired) electrons. The number of hydrogen-bond acceptors (Lipinski definition) is 1. The number of allylic oxidation sites excluding steroid dienone is 1. The Hall–Kier alpha value is -0.590. The second-order valence-corrected chi connectivity index (χ2v) is 4.23. The molecule has 0 aromatic heterocycles. The van der Waals surface area contributed by atoms with Gasteiger partial charge in [0.2, 0.25) is 0 Å². The molecule has 76 valence electrons. The summed E-state index contributed by atoms with van der Waals surface area (Å²) in [7, 11) is 0. The van der Waals surface area contributed by atoms with Gasteiger partial charge in [-0.1, -0.05) is 34.3 Å². The van der Waals surface area contributed by atoms with E-state index in [1.165, 1.54) is 6.08 Å². The Morgan fingerprint density at radius 1 is 1.38 bits per heavy atom. The lowest BCUT2D eigenvalue weighted by Gasteiger charge is -2.21. The van der Waals surface area contributed by atoms with Crippen molar-refractivity contribution in [2.45, 2.75) is 40.5 Å². The number of carbonyl (C=O) groups is 1. The highest BCUT2D eigenvalue weighted by molar-refractivity contribution is 5.91. The van der Waals surface area contributed by atoms with Crippen LogP contribution in [-0.4, -0.2) is 5.78 Å². The first-order valence-electron chi connectivity index (χ1n) is 5.19. The van der Waals surface area contributed by atoms with Crippen LogP contribution in [0.2, 0.25) is 0 Å². The van der Waals surface area contributed by atoms with E-state index in [1.54, 1.807) is 0 Å². The summed E-state index contributed by atoms with van der Waals surface area (Å²) >= 11 is 0. The second-order valence-electron chi connectivity index (χ2n) is 4.23. The molecule has 0 aromatic carbocycles. The molecular formula is C12H22O. The Labute approximate surface area is 82.2 Å². The van der Waals surface area contributed by atoms with Crippen LogP contribution in [0.3, 0.4) is 0 Å². The van der Waals surface area contributed by atoms with Gasteiger partial charge < -0.3 is 0 Å². The maximum absolute atomic E-state index is 11.4. The van der Waals surface area contributed by atoms with Gasteiger partial charge in [-0.25, -0.2) is 0 Å². The summed E-state index contributed by atoms with van der Waals surface area (Å²) in [6.45, 7) is 12.2. The SMILES string of the molecule is C=CC(=O)C(CC)C(C)CC(C)C. The Balaban J connectivity index is 4.22. The van der Waals surface area contributed by atoms with Gasteiger partial charge in [0.1, 0.15) is 0 Å². The molecule has 2 unspecified atom stereocenters. The quantitative estimate of drug-likeness (QED) is 0.575. The molecule has 0 aliphatic carbocycles. The van der Waals surface area contributed by atoms with E-state index in [4.69, 9.17) is 0 Å². The first-order chi connectivity index (χ1) is 6.02. The van der Waals surface area contributed by atoms with Crippen molar-refractivity contribution in [3.05, 3.63) is 12.7 Å². The molecule has 0 saturated carbocycles. The molecule has 0 aromatic rings. The maximum Gasteiger partial charge on any atom is 0.158 e. The molecule has 0 N–H and O–H groups in total. The molecule has 0 bridgehead atoms. The molecule has 0 aliphatic rings. The number of ketones is 1. The molecule has 0 rings (SSSR count). The molecule has 0 saturated heterocycles. The van der Waals surface area contributed by atoms with E-state index < -0.39 is 0 Å². The summed E-state index contributed by atoms with van der Waals surface area (Å²) in [6, 6.07) is 0. The molecule has 1 heteroatoms. The van der Waals surface area contributed by atoms with Crippen LogP contribution in [0.5, 0.6) is 0 Å². The predicted octanol–water partition coefficient (Wildman–Crippen LogP) is 3.45. The lowest BCUT2D eigenvalue weighted by molar-refractivity contribution is -0.119. The zero-order chi connectivity index (χ0) is 10.4. The Bertz CT molecular complexity index is 170. The summed E-state index contributed by atoms with van der Waals surface area (Å²) in [5, 5.41) is 0. The fraction of sp³-hybridized carbons (Fsp3) is 0.750. The van der Waals surface area contributed by atoms with E-state index in [0.29, 0.717) is 11.8 Å². The van der Waals surface area contributed by atoms with Gasteiger partial charge in [-0.15, -0.1) is 0 Å². The van der Waals surface area contributed by atoms with Crippen LogP contribution in [0.1, 0.15) is 40.5 Å². The maximum atomic E-state index is 11.4. The minimum absolute atomic E-state index is 0.180. The average molecular weight is 182 g/mol. The minimum Gasteiger partial charge on any atom is -0.295 e. The summed E-state index contributed by atoms with van der Waals surface area (Å²) < 4.78 is 0.